The van der Waals surface area contributed by atoms with Gasteiger partial charge in [0.2, 0.25) is 0 Å². The van der Waals surface area contributed by atoms with E-state index in [2.05, 4.69) is 44.2 Å². The summed E-state index contributed by atoms with van der Waals surface area (Å²) in [6, 6.07) is 11.3. The molecule has 9 heteroatoms. The van der Waals surface area contributed by atoms with Crippen molar-refractivity contribution >= 4 is 38.4 Å². The average molecular weight is 420 g/mol. The third kappa shape index (κ3) is 3.41. The molecule has 4 aromatic rings. The lowest BCUT2D eigenvalue weighted by atomic mass is 10.2. The molecule has 1 N–H and O–H groups in total. The van der Waals surface area contributed by atoms with Gasteiger partial charge >= 0.3 is 0 Å². The van der Waals surface area contributed by atoms with E-state index < -0.39 is 0 Å². The van der Waals surface area contributed by atoms with Crippen LogP contribution >= 0.6 is 11.3 Å². The summed E-state index contributed by atoms with van der Waals surface area (Å²) >= 11 is 1.63. The third-order valence-corrected chi connectivity index (χ3v) is 6.19. The number of benzene rings is 1. The predicted octanol–water partition coefficient (Wildman–Crippen LogP) is 3.99. The number of carbonyl (C=O) groups is 1. The Labute approximate surface area is 177 Å². The molecule has 3 aromatic heterocycles. The number of carbonyl (C=O) groups excluding carboxylic acids is 1. The molecule has 152 valence electrons. The molecule has 0 saturated carbocycles. The molecule has 0 spiro atoms. The van der Waals surface area contributed by atoms with E-state index in [0.717, 1.165) is 28.4 Å². The van der Waals surface area contributed by atoms with Crippen LogP contribution in [0.15, 0.2) is 42.7 Å². The summed E-state index contributed by atoms with van der Waals surface area (Å²) in [4.78, 5) is 24.3. The van der Waals surface area contributed by atoms with Crippen molar-refractivity contribution in [2.24, 2.45) is 0 Å². The molecule has 1 fully saturated rings. The molecule has 0 unspecified atom stereocenters. The second kappa shape index (κ2) is 7.49. The lowest BCUT2D eigenvalue weighted by Gasteiger charge is -2.30. The average Bonchev–Trinajstić information content (AvgIpc) is 3.33. The lowest BCUT2D eigenvalue weighted by molar-refractivity contribution is 0.102. The zero-order valence-corrected chi connectivity index (χ0v) is 17.6. The van der Waals surface area contributed by atoms with E-state index in [9.17, 15) is 4.79 Å². The molecule has 0 atom stereocenters. The van der Waals surface area contributed by atoms with Gasteiger partial charge in [-0.2, -0.15) is 0 Å². The zero-order valence-electron chi connectivity index (χ0n) is 16.7. The smallest absolute Gasteiger partial charge is 0.256 e. The van der Waals surface area contributed by atoms with Crippen molar-refractivity contribution < 1.29 is 4.79 Å². The van der Waals surface area contributed by atoms with Crippen LogP contribution < -0.4 is 10.2 Å². The largest absolute Gasteiger partial charge is 0.348 e. The van der Waals surface area contributed by atoms with Crippen molar-refractivity contribution in [3.05, 3.63) is 48.3 Å². The first-order chi connectivity index (χ1) is 14.6. The van der Waals surface area contributed by atoms with Crippen LogP contribution in [0.2, 0.25) is 0 Å². The van der Waals surface area contributed by atoms with Gasteiger partial charge in [0.1, 0.15) is 17.8 Å². The standard InChI is InChI=1S/C21H21N7OS/c1-13(2)28-12-22-26-19(28)16-5-3-6-18(23-16)25-20(29)14-7-8-15-17(11-14)30-21(24-15)27-9-4-10-27/h3,5-8,11-13H,4,9-10H2,1-2H3,(H,23,25,29). The molecule has 1 saturated heterocycles. The Kier molecular flexibility index (Phi) is 4.66. The summed E-state index contributed by atoms with van der Waals surface area (Å²) in [7, 11) is 0. The van der Waals surface area contributed by atoms with E-state index in [0.29, 0.717) is 22.9 Å². The summed E-state index contributed by atoms with van der Waals surface area (Å²) in [5.74, 6) is 0.943. The number of thiazole rings is 1. The van der Waals surface area contributed by atoms with Crippen LogP contribution in [0.4, 0.5) is 10.9 Å². The summed E-state index contributed by atoms with van der Waals surface area (Å²) in [5, 5.41) is 12.1. The topological polar surface area (TPSA) is 88.8 Å². The highest BCUT2D eigenvalue weighted by molar-refractivity contribution is 7.22. The van der Waals surface area contributed by atoms with Crippen LogP contribution in [-0.2, 0) is 0 Å². The van der Waals surface area contributed by atoms with Crippen molar-refractivity contribution in [3.63, 3.8) is 0 Å². The lowest BCUT2D eigenvalue weighted by Crippen LogP contribution is -2.36. The summed E-state index contributed by atoms with van der Waals surface area (Å²) in [6.07, 6.45) is 2.90. The van der Waals surface area contributed by atoms with Crippen LogP contribution in [0.5, 0.6) is 0 Å². The Bertz CT molecular complexity index is 1230. The number of nitrogens with zero attached hydrogens (tertiary/aromatic N) is 6. The number of hydrogen-bond donors (Lipinski definition) is 1. The highest BCUT2D eigenvalue weighted by atomic mass is 32.1. The molecular formula is C21H21N7OS. The molecule has 1 aromatic carbocycles. The second-order valence-corrected chi connectivity index (χ2v) is 8.55. The van der Waals surface area contributed by atoms with Crippen molar-refractivity contribution in [2.45, 2.75) is 26.3 Å². The molecule has 8 nitrogen and oxygen atoms in total. The maximum atomic E-state index is 12.8. The van der Waals surface area contributed by atoms with Gasteiger partial charge in [-0.25, -0.2) is 9.97 Å². The fourth-order valence-corrected chi connectivity index (χ4v) is 4.37. The first-order valence-electron chi connectivity index (χ1n) is 9.92. The van der Waals surface area contributed by atoms with Crippen molar-refractivity contribution in [2.75, 3.05) is 23.3 Å². The number of pyridine rings is 1. The number of rotatable bonds is 5. The van der Waals surface area contributed by atoms with Gasteiger partial charge in [-0.15, -0.1) is 10.2 Å². The molecule has 30 heavy (non-hydrogen) atoms. The molecule has 1 aliphatic heterocycles. The van der Waals surface area contributed by atoms with E-state index in [4.69, 9.17) is 0 Å². The Morgan fingerprint density at radius 2 is 2.03 bits per heavy atom. The Morgan fingerprint density at radius 1 is 1.17 bits per heavy atom. The molecule has 1 amide bonds. The Morgan fingerprint density at radius 3 is 2.80 bits per heavy atom. The summed E-state index contributed by atoms with van der Waals surface area (Å²) in [5.41, 5.74) is 2.17. The minimum Gasteiger partial charge on any atom is -0.348 e. The van der Waals surface area contributed by atoms with Gasteiger partial charge in [-0.1, -0.05) is 17.4 Å². The van der Waals surface area contributed by atoms with E-state index >= 15 is 0 Å². The normalized spacial score (nSPS) is 13.6. The molecule has 1 aliphatic rings. The molecule has 0 aliphatic carbocycles. The Hall–Kier alpha value is -3.33. The van der Waals surface area contributed by atoms with Gasteiger partial charge in [0.05, 0.1) is 10.2 Å². The predicted molar refractivity (Wildman–Crippen MR) is 118 cm³/mol. The van der Waals surface area contributed by atoms with Gasteiger partial charge < -0.3 is 14.8 Å². The SMILES string of the molecule is CC(C)n1cnnc1-c1cccc(NC(=O)c2ccc3nc(N4CCC4)sc3c2)n1. The fraction of sp³-hybridized carbons (Fsp3) is 0.286. The van der Waals surface area contributed by atoms with Crippen LogP contribution in [-0.4, -0.2) is 43.7 Å². The van der Waals surface area contributed by atoms with Gasteiger partial charge in [-0.3, -0.25) is 4.79 Å². The minimum atomic E-state index is -0.203. The van der Waals surface area contributed by atoms with Crippen molar-refractivity contribution in [3.8, 4) is 11.5 Å². The monoisotopic (exact) mass is 419 g/mol. The van der Waals surface area contributed by atoms with Gasteiger partial charge in [0.15, 0.2) is 11.0 Å². The zero-order chi connectivity index (χ0) is 20.7. The van der Waals surface area contributed by atoms with Gasteiger partial charge in [0.25, 0.3) is 5.91 Å². The quantitative estimate of drug-likeness (QED) is 0.526. The number of fused-ring (bicyclic) bond motifs is 1. The van der Waals surface area contributed by atoms with E-state index in [1.54, 1.807) is 29.8 Å². The number of anilines is 2. The van der Waals surface area contributed by atoms with Crippen LogP contribution in [0.25, 0.3) is 21.7 Å². The van der Waals surface area contributed by atoms with Crippen molar-refractivity contribution in [1.29, 1.82) is 0 Å². The van der Waals surface area contributed by atoms with Gasteiger partial charge in [-0.05, 0) is 50.6 Å². The van der Waals surface area contributed by atoms with Crippen LogP contribution in [0.3, 0.4) is 0 Å². The van der Waals surface area contributed by atoms with Crippen LogP contribution in [0.1, 0.15) is 36.7 Å². The third-order valence-electron chi connectivity index (χ3n) is 5.12. The number of hydrogen-bond acceptors (Lipinski definition) is 7. The number of nitrogens with one attached hydrogen (secondary N) is 1. The second-order valence-electron chi connectivity index (χ2n) is 7.54. The van der Waals surface area contributed by atoms with E-state index in [-0.39, 0.29) is 11.9 Å². The van der Waals surface area contributed by atoms with E-state index in [1.807, 2.05) is 28.8 Å². The molecular weight excluding hydrogens is 398 g/mol. The highest BCUT2D eigenvalue weighted by Gasteiger charge is 2.19. The molecule has 0 radical (unpaired) electrons. The minimum absolute atomic E-state index is 0.203. The summed E-state index contributed by atoms with van der Waals surface area (Å²) in [6.45, 7) is 6.22. The van der Waals surface area contributed by atoms with Crippen LogP contribution in [0, 0.1) is 0 Å². The fourth-order valence-electron chi connectivity index (χ4n) is 3.32. The van der Waals surface area contributed by atoms with Crippen molar-refractivity contribution in [1.82, 2.24) is 24.7 Å². The van der Waals surface area contributed by atoms with Gasteiger partial charge in [0, 0.05) is 24.7 Å². The van der Waals surface area contributed by atoms with E-state index in [1.165, 1.54) is 6.42 Å². The molecule has 0 bridgehead atoms. The molecule has 4 heterocycles. The maximum Gasteiger partial charge on any atom is 0.256 e. The Balaban J connectivity index is 1.38. The number of aromatic nitrogens is 5. The summed E-state index contributed by atoms with van der Waals surface area (Å²) < 4.78 is 2.96. The maximum absolute atomic E-state index is 12.8. The highest BCUT2D eigenvalue weighted by Crippen LogP contribution is 2.32. The first-order valence-corrected chi connectivity index (χ1v) is 10.7. The first kappa shape index (κ1) is 18.7. The molecule has 5 rings (SSSR count). The number of amides is 1.